The molecule has 1 fully saturated rings. The third-order valence-electron chi connectivity index (χ3n) is 4.53. The predicted octanol–water partition coefficient (Wildman–Crippen LogP) is 2.12. The molecule has 1 aliphatic heterocycles. The maximum absolute atomic E-state index is 13.1. The Morgan fingerprint density at radius 1 is 1.31 bits per heavy atom. The molecule has 0 aliphatic carbocycles. The van der Waals surface area contributed by atoms with E-state index >= 15 is 0 Å². The molecule has 1 saturated heterocycles. The number of hydrogen-bond acceptors (Lipinski definition) is 6. The van der Waals surface area contributed by atoms with Crippen LogP contribution in [0.4, 0.5) is 10.3 Å². The van der Waals surface area contributed by atoms with Crippen molar-refractivity contribution in [3.8, 4) is 0 Å². The van der Waals surface area contributed by atoms with Gasteiger partial charge < -0.3 is 10.2 Å². The Hall–Kier alpha value is -2.06. The molecule has 0 saturated carbocycles. The van der Waals surface area contributed by atoms with Gasteiger partial charge in [-0.3, -0.25) is 0 Å². The second kappa shape index (κ2) is 7.67. The average Bonchev–Trinajstić information content (AvgIpc) is 2.63. The Balaban J connectivity index is 1.91. The van der Waals surface area contributed by atoms with Gasteiger partial charge in [-0.1, -0.05) is 12.1 Å². The summed E-state index contributed by atoms with van der Waals surface area (Å²) in [7, 11) is -1.57. The molecule has 1 aliphatic rings. The van der Waals surface area contributed by atoms with Gasteiger partial charge in [-0.05, 0) is 37.1 Å². The van der Waals surface area contributed by atoms with Gasteiger partial charge >= 0.3 is 0 Å². The van der Waals surface area contributed by atoms with Crippen LogP contribution < -0.4 is 10.2 Å². The van der Waals surface area contributed by atoms with E-state index in [4.69, 9.17) is 0 Å². The number of anilines is 1. The third-order valence-corrected chi connectivity index (χ3v) is 5.64. The fraction of sp³-hybridized carbons (Fsp3) is 0.444. The van der Waals surface area contributed by atoms with Crippen LogP contribution in [-0.2, 0) is 16.4 Å². The highest BCUT2D eigenvalue weighted by atomic mass is 32.2. The van der Waals surface area contributed by atoms with E-state index in [9.17, 15) is 12.8 Å². The normalized spacial score (nSPS) is 17.9. The number of rotatable bonds is 5. The Morgan fingerprint density at radius 2 is 2.04 bits per heavy atom. The van der Waals surface area contributed by atoms with E-state index in [0.717, 1.165) is 24.9 Å². The summed E-state index contributed by atoms with van der Waals surface area (Å²) in [5.41, 5.74) is 1.50. The van der Waals surface area contributed by atoms with Crippen molar-refractivity contribution in [1.29, 1.82) is 0 Å². The highest BCUT2D eigenvalue weighted by Gasteiger charge is 2.25. The zero-order valence-electron chi connectivity index (χ0n) is 14.9. The number of nitrogens with zero attached hydrogens (tertiary/aromatic N) is 3. The lowest BCUT2D eigenvalue weighted by Gasteiger charge is -2.25. The van der Waals surface area contributed by atoms with Crippen LogP contribution in [0.1, 0.15) is 30.0 Å². The van der Waals surface area contributed by atoms with Crippen molar-refractivity contribution in [3.63, 3.8) is 0 Å². The largest absolute Gasteiger partial charge is 0.340 e. The van der Waals surface area contributed by atoms with Gasteiger partial charge in [0.1, 0.15) is 10.7 Å². The maximum atomic E-state index is 13.1. The SMILES string of the molecule is CN(Cc1ccc(F)cc1)c1ncc(S(C)(=O)=O)c([C@@H]2CCCNC2)n1. The average molecular weight is 378 g/mol. The summed E-state index contributed by atoms with van der Waals surface area (Å²) >= 11 is 0. The molecule has 8 heteroatoms. The van der Waals surface area contributed by atoms with Crippen molar-refractivity contribution >= 4 is 15.8 Å². The second-order valence-corrected chi connectivity index (χ2v) is 8.70. The molecule has 140 valence electrons. The first-order valence-corrected chi connectivity index (χ1v) is 10.5. The number of halogens is 1. The van der Waals surface area contributed by atoms with E-state index in [-0.39, 0.29) is 16.6 Å². The highest BCUT2D eigenvalue weighted by Crippen LogP contribution is 2.28. The van der Waals surface area contributed by atoms with E-state index in [0.29, 0.717) is 24.7 Å². The van der Waals surface area contributed by atoms with E-state index in [1.54, 1.807) is 12.1 Å². The molecule has 0 amide bonds. The second-order valence-electron chi connectivity index (χ2n) is 6.72. The number of benzene rings is 1. The molecule has 2 aromatic rings. The Labute approximate surface area is 153 Å². The smallest absolute Gasteiger partial charge is 0.225 e. The summed E-state index contributed by atoms with van der Waals surface area (Å²) in [6.07, 6.45) is 4.47. The predicted molar refractivity (Wildman–Crippen MR) is 98.5 cm³/mol. The number of hydrogen-bond donors (Lipinski definition) is 1. The third kappa shape index (κ3) is 4.37. The molecular formula is C18H23FN4O2S. The van der Waals surface area contributed by atoms with Crippen LogP contribution in [0.2, 0.25) is 0 Å². The lowest BCUT2D eigenvalue weighted by molar-refractivity contribution is 0.447. The molecule has 26 heavy (non-hydrogen) atoms. The van der Waals surface area contributed by atoms with E-state index < -0.39 is 9.84 Å². The molecule has 1 aromatic carbocycles. The van der Waals surface area contributed by atoms with Crippen LogP contribution in [0, 0.1) is 5.82 Å². The molecule has 6 nitrogen and oxygen atoms in total. The van der Waals surface area contributed by atoms with Crippen LogP contribution >= 0.6 is 0 Å². The van der Waals surface area contributed by atoms with E-state index in [1.165, 1.54) is 24.6 Å². The molecule has 3 rings (SSSR count). The van der Waals surface area contributed by atoms with E-state index in [2.05, 4.69) is 15.3 Å². The molecule has 2 heterocycles. The monoisotopic (exact) mass is 378 g/mol. The van der Waals surface area contributed by atoms with Crippen molar-refractivity contribution in [2.75, 3.05) is 31.3 Å². The van der Waals surface area contributed by atoms with Crippen molar-refractivity contribution in [3.05, 3.63) is 47.5 Å². The van der Waals surface area contributed by atoms with Gasteiger partial charge in [0.25, 0.3) is 0 Å². The molecule has 0 radical (unpaired) electrons. The number of piperidine rings is 1. The van der Waals surface area contributed by atoms with Gasteiger partial charge in [-0.2, -0.15) is 0 Å². The summed E-state index contributed by atoms with van der Waals surface area (Å²) in [5, 5.41) is 3.30. The molecule has 0 unspecified atom stereocenters. The number of sulfone groups is 1. The zero-order chi connectivity index (χ0) is 18.7. The van der Waals surface area contributed by atoms with Crippen LogP contribution in [0.15, 0.2) is 35.4 Å². The minimum absolute atomic E-state index is 0.0504. The van der Waals surface area contributed by atoms with Crippen molar-refractivity contribution in [2.45, 2.75) is 30.2 Å². The van der Waals surface area contributed by atoms with Crippen molar-refractivity contribution in [1.82, 2.24) is 15.3 Å². The van der Waals surface area contributed by atoms with Gasteiger partial charge in [0, 0.05) is 32.3 Å². The Bertz CT molecular complexity index is 865. The topological polar surface area (TPSA) is 75.2 Å². The first-order valence-electron chi connectivity index (χ1n) is 8.58. The number of aromatic nitrogens is 2. The lowest BCUT2D eigenvalue weighted by Crippen LogP contribution is -2.30. The first-order chi connectivity index (χ1) is 12.3. The quantitative estimate of drug-likeness (QED) is 0.859. The molecule has 1 N–H and O–H groups in total. The van der Waals surface area contributed by atoms with Crippen molar-refractivity contribution < 1.29 is 12.8 Å². The molecule has 0 bridgehead atoms. The summed E-state index contributed by atoms with van der Waals surface area (Å²) in [6, 6.07) is 6.25. The molecule has 1 atom stereocenters. The summed E-state index contributed by atoms with van der Waals surface area (Å²) in [5.74, 6) is 0.231. The summed E-state index contributed by atoms with van der Waals surface area (Å²) in [4.78, 5) is 10.9. The molecule has 0 spiro atoms. The first kappa shape index (κ1) is 18.7. The summed E-state index contributed by atoms with van der Waals surface area (Å²) in [6.45, 7) is 2.15. The van der Waals surface area contributed by atoms with Crippen LogP contribution in [-0.4, -0.2) is 44.8 Å². The van der Waals surface area contributed by atoms with Crippen LogP contribution in [0.5, 0.6) is 0 Å². The Kier molecular flexibility index (Phi) is 5.52. The minimum Gasteiger partial charge on any atom is -0.340 e. The fourth-order valence-corrected chi connectivity index (χ4v) is 3.99. The molecule has 1 aromatic heterocycles. The Morgan fingerprint density at radius 3 is 2.65 bits per heavy atom. The lowest BCUT2D eigenvalue weighted by atomic mass is 9.96. The zero-order valence-corrected chi connectivity index (χ0v) is 15.8. The van der Waals surface area contributed by atoms with Crippen LogP contribution in [0.25, 0.3) is 0 Å². The molecular weight excluding hydrogens is 355 g/mol. The van der Waals surface area contributed by atoms with Crippen LogP contribution in [0.3, 0.4) is 0 Å². The van der Waals surface area contributed by atoms with Gasteiger partial charge in [0.05, 0.1) is 11.9 Å². The van der Waals surface area contributed by atoms with E-state index in [1.807, 2.05) is 11.9 Å². The van der Waals surface area contributed by atoms with Gasteiger partial charge in [0.15, 0.2) is 9.84 Å². The van der Waals surface area contributed by atoms with Crippen molar-refractivity contribution in [2.24, 2.45) is 0 Å². The fourth-order valence-electron chi connectivity index (χ4n) is 3.16. The maximum Gasteiger partial charge on any atom is 0.225 e. The number of nitrogens with one attached hydrogen (secondary N) is 1. The van der Waals surface area contributed by atoms with Gasteiger partial charge in [-0.25, -0.2) is 22.8 Å². The van der Waals surface area contributed by atoms with Gasteiger partial charge in [0.2, 0.25) is 5.95 Å². The summed E-state index contributed by atoms with van der Waals surface area (Å²) < 4.78 is 37.4. The minimum atomic E-state index is -3.40. The standard InChI is InChI=1S/C18H23FN4O2S/c1-23(12-13-5-7-15(19)8-6-13)18-21-11-16(26(2,24)25)17(22-18)14-4-3-9-20-10-14/h5-8,11,14,20H,3-4,9-10,12H2,1-2H3/t14-/m1/s1. The highest BCUT2D eigenvalue weighted by molar-refractivity contribution is 7.90. The van der Waals surface area contributed by atoms with Gasteiger partial charge in [-0.15, -0.1) is 0 Å².